The first-order chi connectivity index (χ1) is 16.9. The van der Waals surface area contributed by atoms with Crippen molar-refractivity contribution >= 4 is 25.8 Å². The predicted octanol–water partition coefficient (Wildman–Crippen LogP) is 9.85. The van der Waals surface area contributed by atoms with Gasteiger partial charge in [-0.3, -0.25) is 0 Å². The molecule has 0 spiro atoms. The molecule has 0 radical (unpaired) electrons. The fourth-order valence-corrected chi connectivity index (χ4v) is 22.1. The molecule has 2 aromatic rings. The second kappa shape index (κ2) is 10.8. The number of benzene rings is 2. The minimum absolute atomic E-state index is 0.404. The minimum atomic E-state index is -1.31. The van der Waals surface area contributed by atoms with E-state index in [1.165, 1.54) is 56.1 Å². The first kappa shape index (κ1) is 28.3. The third kappa shape index (κ3) is 4.89. The van der Waals surface area contributed by atoms with Crippen LogP contribution in [0.2, 0.25) is 0 Å². The van der Waals surface area contributed by atoms with Gasteiger partial charge in [0.1, 0.15) is 0 Å². The van der Waals surface area contributed by atoms with Crippen molar-refractivity contribution in [3.05, 3.63) is 59.7 Å². The van der Waals surface area contributed by atoms with E-state index in [1.807, 2.05) is 0 Å². The highest BCUT2D eigenvalue weighted by atomic mass is 31.2. The quantitative estimate of drug-likeness (QED) is 0.331. The van der Waals surface area contributed by atoms with Gasteiger partial charge in [-0.05, 0) is 136 Å². The van der Waals surface area contributed by atoms with Gasteiger partial charge in [0, 0.05) is 13.2 Å². The molecule has 0 saturated heterocycles. The molecule has 4 rings (SSSR count). The molecule has 2 aromatic carbocycles. The molecule has 0 bridgehead atoms. The van der Waals surface area contributed by atoms with Crippen molar-refractivity contribution in [2.75, 3.05) is 0 Å². The van der Waals surface area contributed by atoms with Crippen LogP contribution in [0, 0.1) is 19.8 Å². The van der Waals surface area contributed by atoms with Crippen LogP contribution in [0.4, 0.5) is 0 Å². The fourth-order valence-electron chi connectivity index (χ4n) is 9.14. The summed E-state index contributed by atoms with van der Waals surface area (Å²) >= 11 is 0. The van der Waals surface area contributed by atoms with E-state index in [9.17, 15) is 0 Å². The van der Waals surface area contributed by atoms with E-state index in [4.69, 9.17) is 0 Å². The van der Waals surface area contributed by atoms with Crippen LogP contribution in [0.5, 0.6) is 0 Å². The Kier molecular flexibility index (Phi) is 8.51. The summed E-state index contributed by atoms with van der Waals surface area (Å²) in [4.78, 5) is 0. The Morgan fingerprint density at radius 2 is 1.17 bits per heavy atom. The Balaban J connectivity index is 1.86. The van der Waals surface area contributed by atoms with Gasteiger partial charge in [0.15, 0.2) is 0 Å². The molecular weight excluding hydrogens is 470 g/mol. The molecule has 198 valence electrons. The summed E-state index contributed by atoms with van der Waals surface area (Å²) < 4.78 is 0. The summed E-state index contributed by atoms with van der Waals surface area (Å²) in [6, 6.07) is 18.6. The van der Waals surface area contributed by atoms with Gasteiger partial charge < -0.3 is 0 Å². The zero-order valence-electron chi connectivity index (χ0n) is 24.8. The van der Waals surface area contributed by atoms with Crippen LogP contribution in [-0.2, 0) is 0 Å². The lowest BCUT2D eigenvalue weighted by atomic mass is 10.0. The SMILES string of the molecule is Cc1ccccc1P(c1ccccc1C)C(C)[C@@H]1CCC[C@@H]1[P+](C1CCCC1)(C(C)(C)C)C(C)(C)C. The Morgan fingerprint density at radius 3 is 1.61 bits per heavy atom. The van der Waals surface area contributed by atoms with Crippen molar-refractivity contribution in [3.8, 4) is 0 Å². The second-order valence-electron chi connectivity index (χ2n) is 13.9. The average molecular weight is 524 g/mol. The molecule has 2 saturated carbocycles. The molecule has 1 unspecified atom stereocenters. The number of aryl methyl sites for hydroxylation is 2. The lowest BCUT2D eigenvalue weighted by Gasteiger charge is -2.56. The van der Waals surface area contributed by atoms with Crippen LogP contribution in [0.15, 0.2) is 48.5 Å². The van der Waals surface area contributed by atoms with Gasteiger partial charge in [-0.2, -0.15) is 0 Å². The molecule has 0 nitrogen and oxygen atoms in total. The van der Waals surface area contributed by atoms with Gasteiger partial charge in [0.05, 0.1) is 21.6 Å². The van der Waals surface area contributed by atoms with Crippen LogP contribution in [0.3, 0.4) is 0 Å². The smallest absolute Gasteiger partial charge is 0.0620 e. The monoisotopic (exact) mass is 523 g/mol. The Hall–Kier alpha value is -0.700. The molecule has 2 aliphatic rings. The van der Waals surface area contributed by atoms with E-state index in [0.717, 1.165) is 17.2 Å². The number of hydrogen-bond donors (Lipinski definition) is 0. The number of hydrogen-bond acceptors (Lipinski definition) is 0. The van der Waals surface area contributed by atoms with Crippen molar-refractivity contribution in [1.29, 1.82) is 0 Å². The molecule has 0 heterocycles. The summed E-state index contributed by atoms with van der Waals surface area (Å²) in [5.74, 6) is 0.836. The lowest BCUT2D eigenvalue weighted by Crippen LogP contribution is -2.48. The van der Waals surface area contributed by atoms with Crippen LogP contribution in [0.25, 0.3) is 0 Å². The van der Waals surface area contributed by atoms with Crippen LogP contribution in [0.1, 0.15) is 105 Å². The first-order valence-electron chi connectivity index (χ1n) is 14.7. The standard InChI is InChI=1S/C34H53P2/c1-25-17-10-14-22-30(25)35(31-23-15-11-18-26(31)2)27(3)29-21-16-24-32(29)36(33(4,5)6,34(7,8)9)28-19-12-13-20-28/h10-11,14-15,17-18,22-23,27-29,32H,12-13,16,19-21,24H2,1-9H3/q+1/t27?,29-,32-/m0/s1. The molecular formula is C34H53P2+. The van der Waals surface area contributed by atoms with Gasteiger partial charge in [0.25, 0.3) is 0 Å². The molecule has 36 heavy (non-hydrogen) atoms. The van der Waals surface area contributed by atoms with E-state index in [0.29, 0.717) is 16.0 Å². The molecule has 2 aliphatic carbocycles. The summed E-state index contributed by atoms with van der Waals surface area (Å²) in [5.41, 5.74) is 5.56. The van der Waals surface area contributed by atoms with Crippen molar-refractivity contribution in [2.24, 2.45) is 5.92 Å². The highest BCUT2D eigenvalue weighted by molar-refractivity contribution is 7.80. The third-order valence-corrected chi connectivity index (χ3v) is 21.0. The van der Waals surface area contributed by atoms with E-state index in [-0.39, 0.29) is 0 Å². The van der Waals surface area contributed by atoms with Crippen molar-refractivity contribution < 1.29 is 0 Å². The molecule has 0 amide bonds. The normalized spacial score (nSPS) is 22.9. The highest BCUT2D eigenvalue weighted by Crippen LogP contribution is 2.87. The maximum atomic E-state index is 2.67. The first-order valence-corrected chi connectivity index (χ1v) is 18.0. The molecule has 2 heteroatoms. The van der Waals surface area contributed by atoms with Crippen molar-refractivity contribution in [1.82, 2.24) is 0 Å². The van der Waals surface area contributed by atoms with E-state index in [1.54, 1.807) is 10.6 Å². The maximum absolute atomic E-state index is 2.67. The molecule has 3 atom stereocenters. The lowest BCUT2D eigenvalue weighted by molar-refractivity contribution is 0.514. The van der Waals surface area contributed by atoms with Gasteiger partial charge >= 0.3 is 0 Å². The number of rotatable bonds is 6. The summed E-state index contributed by atoms with van der Waals surface area (Å²) in [6.45, 7) is 23.3. The Labute approximate surface area is 225 Å². The van der Waals surface area contributed by atoms with E-state index >= 15 is 0 Å². The minimum Gasteiger partial charge on any atom is -0.0620 e. The van der Waals surface area contributed by atoms with Crippen LogP contribution in [-0.4, -0.2) is 27.3 Å². The van der Waals surface area contributed by atoms with Crippen LogP contribution < -0.4 is 10.6 Å². The van der Waals surface area contributed by atoms with E-state index < -0.39 is 15.2 Å². The fraction of sp³-hybridized carbons (Fsp3) is 0.647. The molecule has 0 aliphatic heterocycles. The van der Waals surface area contributed by atoms with Gasteiger partial charge in [-0.25, -0.2) is 0 Å². The van der Waals surface area contributed by atoms with Gasteiger partial charge in [-0.15, -0.1) is 0 Å². The maximum Gasteiger partial charge on any atom is 0.0744 e. The predicted molar refractivity (Wildman–Crippen MR) is 168 cm³/mol. The van der Waals surface area contributed by atoms with Gasteiger partial charge in [0.2, 0.25) is 0 Å². The largest absolute Gasteiger partial charge is 0.0744 e. The molecule has 2 fully saturated rings. The molecule has 0 aromatic heterocycles. The van der Waals surface area contributed by atoms with Crippen molar-refractivity contribution in [3.63, 3.8) is 0 Å². The van der Waals surface area contributed by atoms with Crippen molar-refractivity contribution in [2.45, 2.75) is 135 Å². The average Bonchev–Trinajstić information content (AvgIpc) is 3.48. The second-order valence-corrected chi connectivity index (χ2v) is 22.1. The third-order valence-electron chi connectivity index (χ3n) is 9.95. The topological polar surface area (TPSA) is 0 Å². The Bertz CT molecular complexity index is 958. The zero-order valence-corrected chi connectivity index (χ0v) is 26.6. The highest BCUT2D eigenvalue weighted by Gasteiger charge is 2.68. The zero-order chi connectivity index (χ0) is 26.3. The summed E-state index contributed by atoms with van der Waals surface area (Å²) in [5, 5.41) is 4.05. The van der Waals surface area contributed by atoms with Gasteiger partial charge in [-0.1, -0.05) is 55.5 Å². The summed E-state index contributed by atoms with van der Waals surface area (Å²) in [6.07, 6.45) is 10.2. The van der Waals surface area contributed by atoms with E-state index in [2.05, 4.69) is 111 Å². The van der Waals surface area contributed by atoms with Crippen LogP contribution >= 0.6 is 15.2 Å². The summed E-state index contributed by atoms with van der Waals surface area (Å²) in [7, 11) is -1.71. The molecule has 0 N–H and O–H groups in total. The Morgan fingerprint density at radius 1 is 0.694 bits per heavy atom.